The Morgan fingerprint density at radius 2 is 1.96 bits per heavy atom. The van der Waals surface area contributed by atoms with Crippen LogP contribution in [0.3, 0.4) is 0 Å². The van der Waals surface area contributed by atoms with Gasteiger partial charge in [0.05, 0.1) is 17.9 Å². The molecule has 8 nitrogen and oxygen atoms in total. The normalized spacial score (nSPS) is 19.5. The van der Waals surface area contributed by atoms with Crippen LogP contribution in [0.5, 0.6) is 0 Å². The summed E-state index contributed by atoms with van der Waals surface area (Å²) in [6, 6.07) is 2.19. The first-order valence-corrected chi connectivity index (χ1v) is 10.4. The summed E-state index contributed by atoms with van der Waals surface area (Å²) in [6.07, 6.45) is 9.00. The molecule has 0 aromatic carbocycles. The van der Waals surface area contributed by atoms with Gasteiger partial charge in [0.15, 0.2) is 0 Å². The third kappa shape index (κ3) is 3.21. The van der Waals surface area contributed by atoms with E-state index in [0.717, 1.165) is 69.2 Å². The van der Waals surface area contributed by atoms with Gasteiger partial charge in [-0.05, 0) is 44.9 Å². The second kappa shape index (κ2) is 7.07. The molecular formula is C20H27N7O. The predicted octanol–water partition coefficient (Wildman–Crippen LogP) is 2.39. The third-order valence-electron chi connectivity index (χ3n) is 6.12. The quantitative estimate of drug-likeness (QED) is 0.827. The molecule has 1 saturated carbocycles. The van der Waals surface area contributed by atoms with E-state index in [2.05, 4.69) is 20.6 Å². The van der Waals surface area contributed by atoms with Crippen LogP contribution < -0.4 is 15.5 Å². The van der Waals surface area contributed by atoms with Crippen LogP contribution in [0.4, 0.5) is 17.6 Å². The van der Waals surface area contributed by atoms with Crippen molar-refractivity contribution in [3.63, 3.8) is 0 Å². The molecule has 1 amide bonds. The largest absolute Gasteiger partial charge is 0.373 e. The van der Waals surface area contributed by atoms with Crippen molar-refractivity contribution in [1.29, 1.82) is 0 Å². The fourth-order valence-electron chi connectivity index (χ4n) is 4.36. The summed E-state index contributed by atoms with van der Waals surface area (Å²) < 4.78 is 1.99. The summed E-state index contributed by atoms with van der Waals surface area (Å²) in [5.41, 5.74) is 2.49. The zero-order valence-corrected chi connectivity index (χ0v) is 16.3. The van der Waals surface area contributed by atoms with Crippen LogP contribution in [0.15, 0.2) is 12.3 Å². The summed E-state index contributed by atoms with van der Waals surface area (Å²) in [5, 5.41) is 10.8. The molecule has 8 heteroatoms. The first kappa shape index (κ1) is 17.5. The number of rotatable bonds is 5. The van der Waals surface area contributed by atoms with E-state index in [0.29, 0.717) is 6.04 Å². The van der Waals surface area contributed by atoms with Crippen LogP contribution >= 0.6 is 0 Å². The molecule has 0 atom stereocenters. The molecule has 2 N–H and O–H groups in total. The van der Waals surface area contributed by atoms with E-state index in [1.54, 1.807) is 6.20 Å². The minimum Gasteiger partial charge on any atom is -0.373 e. The van der Waals surface area contributed by atoms with Crippen molar-refractivity contribution in [2.75, 3.05) is 35.7 Å². The van der Waals surface area contributed by atoms with Crippen molar-refractivity contribution < 1.29 is 4.79 Å². The number of hydrogen-bond acceptors (Lipinski definition) is 6. The average molecular weight is 381 g/mol. The second-order valence-corrected chi connectivity index (χ2v) is 8.04. The highest BCUT2D eigenvalue weighted by atomic mass is 16.2. The highest BCUT2D eigenvalue weighted by Gasteiger charge is 2.31. The Balaban J connectivity index is 1.27. The van der Waals surface area contributed by atoms with Gasteiger partial charge < -0.3 is 15.5 Å². The van der Waals surface area contributed by atoms with Crippen molar-refractivity contribution >= 4 is 23.5 Å². The number of fused-ring (bicyclic) bond motifs is 1. The van der Waals surface area contributed by atoms with Gasteiger partial charge in [0.25, 0.3) is 0 Å². The fourth-order valence-corrected chi connectivity index (χ4v) is 4.36. The minimum atomic E-state index is 0.130. The lowest BCUT2D eigenvalue weighted by Gasteiger charge is -2.33. The zero-order chi connectivity index (χ0) is 19.1. The van der Waals surface area contributed by atoms with Crippen molar-refractivity contribution in [2.45, 2.75) is 51.0 Å². The Kier molecular flexibility index (Phi) is 4.41. The summed E-state index contributed by atoms with van der Waals surface area (Å²) in [6.45, 7) is 1.78. The van der Waals surface area contributed by atoms with E-state index in [9.17, 15) is 4.79 Å². The fraction of sp³-hybridized carbons (Fsp3) is 0.600. The van der Waals surface area contributed by atoms with E-state index < -0.39 is 0 Å². The molecule has 5 rings (SSSR count). The van der Waals surface area contributed by atoms with Crippen LogP contribution in [0, 0.1) is 5.92 Å². The zero-order valence-electron chi connectivity index (χ0n) is 16.3. The lowest BCUT2D eigenvalue weighted by molar-refractivity contribution is -0.117. The molecule has 2 aliphatic carbocycles. The maximum Gasteiger partial charge on any atom is 0.228 e. The maximum absolute atomic E-state index is 12.1. The average Bonchev–Trinajstić information content (AvgIpc) is 3.30. The number of amides is 1. The molecule has 3 aliphatic rings. The van der Waals surface area contributed by atoms with Crippen LogP contribution in [0.2, 0.25) is 0 Å². The molecule has 2 aromatic rings. The van der Waals surface area contributed by atoms with Crippen LogP contribution in [-0.4, -0.2) is 45.8 Å². The molecule has 2 aromatic heterocycles. The van der Waals surface area contributed by atoms with Gasteiger partial charge in [-0.3, -0.25) is 4.79 Å². The van der Waals surface area contributed by atoms with E-state index in [1.165, 1.54) is 17.7 Å². The molecule has 2 fully saturated rings. The minimum absolute atomic E-state index is 0.130. The first-order chi connectivity index (χ1) is 13.7. The SMILES string of the molecule is CNc1nc(N2CCC(n3nccc3NC(=O)C3CC3)CC2)nc2c1CCC2. The number of carbonyl (C=O) groups is 1. The van der Waals surface area contributed by atoms with Crippen molar-refractivity contribution in [3.05, 3.63) is 23.5 Å². The van der Waals surface area contributed by atoms with Gasteiger partial charge in [0, 0.05) is 37.7 Å². The lowest BCUT2D eigenvalue weighted by atomic mass is 10.1. The summed E-state index contributed by atoms with van der Waals surface area (Å²) >= 11 is 0. The van der Waals surface area contributed by atoms with Gasteiger partial charge in [0.2, 0.25) is 11.9 Å². The van der Waals surface area contributed by atoms with Gasteiger partial charge in [-0.25, -0.2) is 9.67 Å². The topological polar surface area (TPSA) is 88.0 Å². The van der Waals surface area contributed by atoms with E-state index in [4.69, 9.17) is 9.97 Å². The number of hydrogen-bond donors (Lipinski definition) is 2. The predicted molar refractivity (Wildman–Crippen MR) is 108 cm³/mol. The Morgan fingerprint density at radius 3 is 2.71 bits per heavy atom. The number of aromatic nitrogens is 4. The number of anilines is 3. The van der Waals surface area contributed by atoms with Gasteiger partial charge in [-0.1, -0.05) is 0 Å². The van der Waals surface area contributed by atoms with Crippen molar-refractivity contribution in [3.8, 4) is 0 Å². The summed E-state index contributed by atoms with van der Waals surface area (Å²) in [7, 11) is 1.94. The molecule has 1 saturated heterocycles. The van der Waals surface area contributed by atoms with Crippen LogP contribution in [0.1, 0.15) is 49.4 Å². The van der Waals surface area contributed by atoms with E-state index >= 15 is 0 Å². The summed E-state index contributed by atoms with van der Waals surface area (Å²) in [5.74, 6) is 2.97. The standard InChI is InChI=1S/C20H27N7O/c1-21-18-15-3-2-4-16(15)23-20(25-18)26-11-8-14(9-12-26)27-17(7-10-22-27)24-19(28)13-5-6-13/h7,10,13-14H,2-6,8-9,11-12H2,1H3,(H,24,28)(H,21,23,25). The molecule has 28 heavy (non-hydrogen) atoms. The number of piperidine rings is 1. The lowest BCUT2D eigenvalue weighted by Crippen LogP contribution is -2.36. The van der Waals surface area contributed by atoms with E-state index in [-0.39, 0.29) is 11.8 Å². The Hall–Kier alpha value is -2.64. The van der Waals surface area contributed by atoms with Crippen LogP contribution in [-0.2, 0) is 17.6 Å². The number of nitrogens with zero attached hydrogens (tertiary/aromatic N) is 5. The van der Waals surface area contributed by atoms with Gasteiger partial charge in [-0.2, -0.15) is 10.1 Å². The monoisotopic (exact) mass is 381 g/mol. The summed E-state index contributed by atoms with van der Waals surface area (Å²) in [4.78, 5) is 24.0. The third-order valence-corrected chi connectivity index (χ3v) is 6.12. The van der Waals surface area contributed by atoms with Gasteiger partial charge in [0.1, 0.15) is 11.6 Å². The molecular weight excluding hydrogens is 354 g/mol. The smallest absolute Gasteiger partial charge is 0.228 e. The van der Waals surface area contributed by atoms with Crippen LogP contribution in [0.25, 0.3) is 0 Å². The highest BCUT2D eigenvalue weighted by molar-refractivity contribution is 5.93. The molecule has 148 valence electrons. The molecule has 0 radical (unpaired) electrons. The molecule has 0 bridgehead atoms. The van der Waals surface area contributed by atoms with Gasteiger partial charge >= 0.3 is 0 Å². The molecule has 0 spiro atoms. The number of nitrogens with one attached hydrogen (secondary N) is 2. The Labute approximate surface area is 164 Å². The molecule has 3 heterocycles. The van der Waals surface area contributed by atoms with E-state index in [1.807, 2.05) is 17.8 Å². The van der Waals surface area contributed by atoms with Gasteiger partial charge in [-0.15, -0.1) is 0 Å². The maximum atomic E-state index is 12.1. The van der Waals surface area contributed by atoms with Crippen molar-refractivity contribution in [1.82, 2.24) is 19.7 Å². The van der Waals surface area contributed by atoms with Crippen molar-refractivity contribution in [2.24, 2.45) is 5.92 Å². The number of aryl methyl sites for hydroxylation is 1. The Bertz CT molecular complexity index is 881. The highest BCUT2D eigenvalue weighted by Crippen LogP contribution is 2.33. The molecule has 0 unspecified atom stereocenters. The first-order valence-electron chi connectivity index (χ1n) is 10.4. The Morgan fingerprint density at radius 1 is 1.14 bits per heavy atom. The number of carbonyl (C=O) groups excluding carboxylic acids is 1. The second-order valence-electron chi connectivity index (χ2n) is 8.04. The molecule has 1 aliphatic heterocycles.